The van der Waals surface area contributed by atoms with Gasteiger partial charge in [0.1, 0.15) is 0 Å². The number of rotatable bonds is 3. The van der Waals surface area contributed by atoms with Gasteiger partial charge in [-0.15, -0.1) is 0 Å². The van der Waals surface area contributed by atoms with Crippen LogP contribution in [0, 0.1) is 20.8 Å². The van der Waals surface area contributed by atoms with Gasteiger partial charge >= 0.3 is 6.18 Å². The molecule has 3 heterocycles. The van der Waals surface area contributed by atoms with Gasteiger partial charge in [-0.25, -0.2) is 4.98 Å². The molecule has 9 heteroatoms. The van der Waals surface area contributed by atoms with Crippen molar-refractivity contribution in [3.05, 3.63) is 76.5 Å². The van der Waals surface area contributed by atoms with Gasteiger partial charge < -0.3 is 14.3 Å². The third kappa shape index (κ3) is 4.19. The lowest BCUT2D eigenvalue weighted by atomic mass is 10.00. The van der Waals surface area contributed by atoms with Crippen LogP contribution >= 0.6 is 0 Å². The summed E-state index contributed by atoms with van der Waals surface area (Å²) in [4.78, 5) is 22.0. The van der Waals surface area contributed by atoms with E-state index in [1.165, 1.54) is 35.4 Å². The van der Waals surface area contributed by atoms with Crippen molar-refractivity contribution in [1.82, 2.24) is 15.0 Å². The second kappa shape index (κ2) is 8.96. The van der Waals surface area contributed by atoms with Crippen molar-refractivity contribution in [3.8, 4) is 11.3 Å². The number of aromatic nitrogens is 2. The van der Waals surface area contributed by atoms with Crippen LogP contribution in [0.3, 0.4) is 0 Å². The fourth-order valence-corrected chi connectivity index (χ4v) is 4.75. The van der Waals surface area contributed by atoms with Gasteiger partial charge in [0.15, 0.2) is 0 Å². The average Bonchev–Trinajstić information content (AvgIpc) is 3.25. The highest BCUT2D eigenvalue weighted by molar-refractivity contribution is 6.07. The van der Waals surface area contributed by atoms with E-state index in [1.807, 2.05) is 6.07 Å². The molecule has 1 saturated heterocycles. The number of fused-ring (bicyclic) bond motifs is 1. The van der Waals surface area contributed by atoms with E-state index in [-0.39, 0.29) is 28.4 Å². The number of nitrogens with zero attached hydrogens (tertiary/aromatic N) is 4. The van der Waals surface area contributed by atoms with E-state index >= 15 is 0 Å². The van der Waals surface area contributed by atoms with Gasteiger partial charge in [0.05, 0.1) is 27.9 Å². The minimum absolute atomic E-state index is 0.0175. The molecule has 0 N–H and O–H groups in total. The number of piperazine rings is 1. The van der Waals surface area contributed by atoms with E-state index < -0.39 is 11.7 Å². The van der Waals surface area contributed by atoms with Gasteiger partial charge in [0.25, 0.3) is 11.6 Å². The minimum Gasteiger partial charge on any atom is -0.368 e. The van der Waals surface area contributed by atoms with Crippen molar-refractivity contribution < 1.29 is 22.5 Å². The number of halogens is 3. The Hall–Kier alpha value is -3.88. The molecule has 1 amide bonds. The van der Waals surface area contributed by atoms with Crippen LogP contribution in [0.1, 0.15) is 32.7 Å². The molecule has 0 aliphatic carbocycles. The summed E-state index contributed by atoms with van der Waals surface area (Å²) < 4.78 is 46.4. The lowest BCUT2D eigenvalue weighted by Gasteiger charge is -2.37. The number of hydrogen-bond acceptors (Lipinski definition) is 5. The zero-order valence-corrected chi connectivity index (χ0v) is 20.2. The van der Waals surface area contributed by atoms with Crippen molar-refractivity contribution >= 4 is 22.7 Å². The molecule has 36 heavy (non-hydrogen) atoms. The second-order valence-electron chi connectivity index (χ2n) is 9.04. The number of pyridine rings is 1. The van der Waals surface area contributed by atoms with E-state index in [0.29, 0.717) is 37.3 Å². The molecule has 0 radical (unpaired) electrons. The maximum absolute atomic E-state index is 13.7. The average molecular weight is 495 g/mol. The number of carbonyl (C=O) groups is 1. The van der Waals surface area contributed by atoms with Crippen LogP contribution in [0.15, 0.2) is 53.1 Å². The molecule has 5 rings (SSSR count). The first-order valence-electron chi connectivity index (χ1n) is 11.7. The molecule has 0 unspecified atom stereocenters. The van der Waals surface area contributed by atoms with Crippen molar-refractivity contribution in [3.63, 3.8) is 0 Å². The Kier molecular flexibility index (Phi) is 5.94. The molecule has 0 spiro atoms. The van der Waals surface area contributed by atoms with Crippen LogP contribution in [0.5, 0.6) is 0 Å². The van der Waals surface area contributed by atoms with E-state index in [9.17, 15) is 18.0 Å². The fraction of sp³-hybridized carbons (Fsp3) is 0.296. The Morgan fingerprint density at radius 2 is 1.69 bits per heavy atom. The number of aryl methyl sites for hydroxylation is 2. The van der Waals surface area contributed by atoms with Crippen molar-refractivity contribution in [2.45, 2.75) is 26.9 Å². The molecule has 1 aliphatic rings. The smallest absolute Gasteiger partial charge is 0.368 e. The van der Waals surface area contributed by atoms with Gasteiger partial charge in [-0.3, -0.25) is 4.79 Å². The molecule has 0 saturated carbocycles. The van der Waals surface area contributed by atoms with Crippen LogP contribution in [-0.4, -0.2) is 47.1 Å². The van der Waals surface area contributed by atoms with Crippen molar-refractivity contribution in [2.75, 3.05) is 31.1 Å². The summed E-state index contributed by atoms with van der Waals surface area (Å²) in [5.41, 5.74) is 3.39. The summed E-state index contributed by atoms with van der Waals surface area (Å²) in [6.45, 7) is 8.11. The topological polar surface area (TPSA) is 62.5 Å². The quantitative estimate of drug-likeness (QED) is 0.361. The summed E-state index contributed by atoms with van der Waals surface area (Å²) in [6, 6.07) is 12.8. The Morgan fingerprint density at radius 3 is 2.42 bits per heavy atom. The number of carbonyl (C=O) groups excluding carboxylic acids is 1. The molecule has 4 aromatic rings. The number of benzene rings is 2. The first-order chi connectivity index (χ1) is 17.1. The van der Waals surface area contributed by atoms with Gasteiger partial charge in [-0.2, -0.15) is 13.2 Å². The zero-order chi connectivity index (χ0) is 25.6. The zero-order valence-electron chi connectivity index (χ0n) is 20.2. The standard InChI is InChI=1S/C27H25F3N4O2/c1-16-7-6-10-23(17(16)2)33-11-13-34(14-12-33)26(35)20-15-22(31-25-24(20)18(3)32-36-25)19-8-4-5-9-21(19)27(28,29)30/h4-10,15H,11-14H2,1-3H3. The highest BCUT2D eigenvalue weighted by atomic mass is 19.4. The Labute approximate surface area is 206 Å². The number of amides is 1. The van der Waals surface area contributed by atoms with Crippen LogP contribution in [0.25, 0.3) is 22.4 Å². The van der Waals surface area contributed by atoms with E-state index in [1.54, 1.807) is 11.8 Å². The van der Waals surface area contributed by atoms with Gasteiger partial charge in [-0.05, 0) is 50.1 Å². The fourth-order valence-electron chi connectivity index (χ4n) is 4.75. The van der Waals surface area contributed by atoms with Gasteiger partial charge in [-0.1, -0.05) is 35.5 Å². The Bertz CT molecular complexity index is 1450. The van der Waals surface area contributed by atoms with Crippen LogP contribution in [0.2, 0.25) is 0 Å². The predicted molar refractivity (Wildman–Crippen MR) is 131 cm³/mol. The molecule has 1 fully saturated rings. The van der Waals surface area contributed by atoms with Gasteiger partial charge in [0.2, 0.25) is 0 Å². The Morgan fingerprint density at radius 1 is 0.972 bits per heavy atom. The maximum atomic E-state index is 13.7. The van der Waals surface area contributed by atoms with E-state index in [4.69, 9.17) is 4.52 Å². The molecule has 186 valence electrons. The van der Waals surface area contributed by atoms with E-state index in [0.717, 1.165) is 11.8 Å². The van der Waals surface area contributed by atoms with Crippen LogP contribution < -0.4 is 4.90 Å². The van der Waals surface area contributed by atoms with Gasteiger partial charge in [0, 0.05) is 37.4 Å². The molecular weight excluding hydrogens is 469 g/mol. The molecule has 0 bridgehead atoms. The van der Waals surface area contributed by atoms with Crippen molar-refractivity contribution in [1.29, 1.82) is 0 Å². The van der Waals surface area contributed by atoms with Crippen molar-refractivity contribution in [2.24, 2.45) is 0 Å². The highest BCUT2D eigenvalue weighted by Crippen LogP contribution is 2.38. The molecule has 6 nitrogen and oxygen atoms in total. The Balaban J connectivity index is 1.49. The third-order valence-electron chi connectivity index (χ3n) is 6.84. The molecule has 0 atom stereocenters. The minimum atomic E-state index is -4.57. The molecule has 2 aromatic carbocycles. The number of anilines is 1. The summed E-state index contributed by atoms with van der Waals surface area (Å²) in [7, 11) is 0. The molecular formula is C27H25F3N4O2. The monoisotopic (exact) mass is 494 g/mol. The third-order valence-corrected chi connectivity index (χ3v) is 6.84. The van der Waals surface area contributed by atoms with E-state index in [2.05, 4.69) is 41.0 Å². The lowest BCUT2D eigenvalue weighted by molar-refractivity contribution is -0.137. The summed E-state index contributed by atoms with van der Waals surface area (Å²) in [6.07, 6.45) is -4.57. The highest BCUT2D eigenvalue weighted by Gasteiger charge is 2.34. The normalized spacial score (nSPS) is 14.5. The summed E-state index contributed by atoms with van der Waals surface area (Å²) in [5.74, 6) is -0.278. The summed E-state index contributed by atoms with van der Waals surface area (Å²) in [5, 5.41) is 4.34. The second-order valence-corrected chi connectivity index (χ2v) is 9.04. The number of alkyl halides is 3. The predicted octanol–water partition coefficient (Wildman–Crippen LogP) is 5.80. The van der Waals surface area contributed by atoms with Crippen LogP contribution in [0.4, 0.5) is 18.9 Å². The lowest BCUT2D eigenvalue weighted by Crippen LogP contribution is -2.49. The first kappa shape index (κ1) is 23.8. The summed E-state index contributed by atoms with van der Waals surface area (Å²) >= 11 is 0. The van der Waals surface area contributed by atoms with Crippen LogP contribution in [-0.2, 0) is 6.18 Å². The molecule has 1 aliphatic heterocycles. The largest absolute Gasteiger partial charge is 0.417 e. The number of hydrogen-bond donors (Lipinski definition) is 0. The maximum Gasteiger partial charge on any atom is 0.417 e. The SMILES string of the molecule is Cc1cccc(N2CCN(C(=O)c3cc(-c4ccccc4C(F)(F)F)nc4onc(C)c34)CC2)c1C. The molecule has 2 aromatic heterocycles. The first-order valence-corrected chi connectivity index (χ1v) is 11.7.